The molecule has 0 saturated carbocycles. The molecule has 0 bridgehead atoms. The van der Waals surface area contributed by atoms with Gasteiger partial charge in [-0.25, -0.2) is 4.79 Å². The molecule has 0 spiro atoms. The normalized spacial score (nSPS) is 25.9. The maximum atomic E-state index is 11.3. The molecule has 1 aliphatic heterocycles. The molecule has 5 heteroatoms. The van der Waals surface area contributed by atoms with E-state index in [0.29, 0.717) is 0 Å². The van der Waals surface area contributed by atoms with Crippen molar-refractivity contribution in [3.8, 4) is 0 Å². The summed E-state index contributed by atoms with van der Waals surface area (Å²) in [7, 11) is 1.38. The molecule has 3 unspecified atom stereocenters. The van der Waals surface area contributed by atoms with E-state index >= 15 is 0 Å². The molecule has 0 aromatic heterocycles. The van der Waals surface area contributed by atoms with Gasteiger partial charge in [0.25, 0.3) is 0 Å². The van der Waals surface area contributed by atoms with Gasteiger partial charge in [-0.05, 0) is 31.7 Å². The first kappa shape index (κ1) is 16.2. The molecule has 0 aliphatic carbocycles. The lowest BCUT2D eigenvalue weighted by atomic mass is 9.88. The van der Waals surface area contributed by atoms with Crippen molar-refractivity contribution in [3.05, 3.63) is 0 Å². The summed E-state index contributed by atoms with van der Waals surface area (Å²) in [5.74, 6) is 0.234. The van der Waals surface area contributed by atoms with Gasteiger partial charge in [-0.15, -0.1) is 0 Å². The fourth-order valence-electron chi connectivity index (χ4n) is 2.74. The Balaban J connectivity index is 2.57. The van der Waals surface area contributed by atoms with E-state index in [1.54, 1.807) is 0 Å². The van der Waals surface area contributed by atoms with E-state index in [1.165, 1.54) is 7.11 Å². The standard InChI is InChI=1S/C14H28N2O3/c1-4-6-7-16-9-11(13(17)5-2)8-12(10-16)15-14(18)19-3/h11-13,17H,4-10H2,1-3H3,(H,15,18). The predicted octanol–water partition coefficient (Wildman–Crippen LogP) is 1.60. The third-order valence-corrected chi connectivity index (χ3v) is 3.86. The average molecular weight is 272 g/mol. The second-order valence-electron chi connectivity index (χ2n) is 5.42. The van der Waals surface area contributed by atoms with Crippen molar-refractivity contribution in [1.29, 1.82) is 0 Å². The molecular formula is C14H28N2O3. The molecule has 19 heavy (non-hydrogen) atoms. The fraction of sp³-hybridized carbons (Fsp3) is 0.929. The van der Waals surface area contributed by atoms with E-state index in [4.69, 9.17) is 0 Å². The lowest BCUT2D eigenvalue weighted by Crippen LogP contribution is -2.53. The van der Waals surface area contributed by atoms with Crippen molar-refractivity contribution in [2.24, 2.45) is 5.92 Å². The van der Waals surface area contributed by atoms with Crippen LogP contribution in [0.15, 0.2) is 0 Å². The highest BCUT2D eigenvalue weighted by molar-refractivity contribution is 5.67. The Morgan fingerprint density at radius 2 is 2.21 bits per heavy atom. The first-order valence-corrected chi connectivity index (χ1v) is 7.35. The monoisotopic (exact) mass is 272 g/mol. The topological polar surface area (TPSA) is 61.8 Å². The highest BCUT2D eigenvalue weighted by Crippen LogP contribution is 2.22. The number of aliphatic hydroxyl groups excluding tert-OH is 1. The number of likely N-dealkylation sites (tertiary alicyclic amines) is 1. The molecule has 5 nitrogen and oxygen atoms in total. The van der Waals surface area contributed by atoms with Crippen molar-refractivity contribution in [3.63, 3.8) is 0 Å². The lowest BCUT2D eigenvalue weighted by molar-refractivity contribution is 0.0347. The van der Waals surface area contributed by atoms with Crippen LogP contribution < -0.4 is 5.32 Å². The van der Waals surface area contributed by atoms with Crippen LogP contribution in [0.25, 0.3) is 0 Å². The Kier molecular flexibility index (Phi) is 7.16. The second kappa shape index (κ2) is 8.38. The number of ether oxygens (including phenoxy) is 1. The maximum Gasteiger partial charge on any atom is 0.407 e. The van der Waals surface area contributed by atoms with Crippen molar-refractivity contribution < 1.29 is 14.6 Å². The molecule has 1 heterocycles. The fourth-order valence-corrected chi connectivity index (χ4v) is 2.74. The van der Waals surface area contributed by atoms with Crippen molar-refractivity contribution >= 4 is 6.09 Å². The lowest BCUT2D eigenvalue weighted by Gasteiger charge is -2.39. The number of aliphatic hydroxyl groups is 1. The van der Waals surface area contributed by atoms with Crippen LogP contribution in [0.1, 0.15) is 39.5 Å². The number of hydrogen-bond donors (Lipinski definition) is 2. The first-order valence-electron chi connectivity index (χ1n) is 7.35. The number of methoxy groups -OCH3 is 1. The summed E-state index contributed by atoms with van der Waals surface area (Å²) in [6.07, 6.45) is 3.23. The number of piperidine rings is 1. The molecule has 112 valence electrons. The summed E-state index contributed by atoms with van der Waals surface area (Å²) in [5.41, 5.74) is 0. The van der Waals surface area contributed by atoms with Crippen LogP contribution in [0.2, 0.25) is 0 Å². The van der Waals surface area contributed by atoms with Crippen LogP contribution in [0.4, 0.5) is 4.79 Å². The van der Waals surface area contributed by atoms with Gasteiger partial charge < -0.3 is 20.1 Å². The summed E-state index contributed by atoms with van der Waals surface area (Å²) < 4.78 is 4.66. The highest BCUT2D eigenvalue weighted by Gasteiger charge is 2.31. The molecule has 0 radical (unpaired) electrons. The molecule has 0 aromatic carbocycles. The molecular weight excluding hydrogens is 244 g/mol. The summed E-state index contributed by atoms with van der Waals surface area (Å²) in [4.78, 5) is 13.7. The van der Waals surface area contributed by atoms with Crippen LogP contribution in [-0.2, 0) is 4.74 Å². The molecule has 1 rings (SSSR count). The van der Waals surface area contributed by atoms with Gasteiger partial charge in [0.2, 0.25) is 0 Å². The Morgan fingerprint density at radius 3 is 2.79 bits per heavy atom. The third-order valence-electron chi connectivity index (χ3n) is 3.86. The van der Waals surface area contributed by atoms with E-state index in [2.05, 4.69) is 21.9 Å². The molecule has 2 N–H and O–H groups in total. The zero-order chi connectivity index (χ0) is 14.3. The van der Waals surface area contributed by atoms with Gasteiger partial charge in [0, 0.05) is 19.1 Å². The van der Waals surface area contributed by atoms with E-state index in [9.17, 15) is 9.90 Å². The molecule has 1 aliphatic rings. The number of rotatable bonds is 6. The van der Waals surface area contributed by atoms with Crippen molar-refractivity contribution in [1.82, 2.24) is 10.2 Å². The molecule has 3 atom stereocenters. The Labute approximate surface area is 116 Å². The number of nitrogens with zero attached hydrogens (tertiary/aromatic N) is 1. The van der Waals surface area contributed by atoms with Crippen LogP contribution in [0, 0.1) is 5.92 Å². The van der Waals surface area contributed by atoms with E-state index in [1.807, 2.05) is 6.92 Å². The number of unbranched alkanes of at least 4 members (excludes halogenated alkanes) is 1. The minimum absolute atomic E-state index is 0.0734. The number of alkyl carbamates (subject to hydrolysis) is 1. The Morgan fingerprint density at radius 1 is 1.47 bits per heavy atom. The van der Waals surface area contributed by atoms with E-state index < -0.39 is 0 Å². The molecule has 1 fully saturated rings. The largest absolute Gasteiger partial charge is 0.453 e. The Hall–Kier alpha value is -0.810. The zero-order valence-electron chi connectivity index (χ0n) is 12.4. The highest BCUT2D eigenvalue weighted by atomic mass is 16.5. The van der Waals surface area contributed by atoms with Gasteiger partial charge >= 0.3 is 6.09 Å². The summed E-state index contributed by atoms with van der Waals surface area (Å²) in [6.45, 7) is 6.98. The minimum atomic E-state index is -0.382. The second-order valence-corrected chi connectivity index (χ2v) is 5.42. The number of carbonyl (C=O) groups is 1. The number of nitrogens with one attached hydrogen (secondary N) is 1. The van der Waals surface area contributed by atoms with Crippen LogP contribution >= 0.6 is 0 Å². The maximum absolute atomic E-state index is 11.3. The summed E-state index contributed by atoms with van der Waals surface area (Å²) in [5, 5.41) is 12.9. The van der Waals surface area contributed by atoms with E-state index in [-0.39, 0.29) is 24.2 Å². The van der Waals surface area contributed by atoms with Crippen LogP contribution in [-0.4, -0.2) is 55.0 Å². The van der Waals surface area contributed by atoms with Gasteiger partial charge in [0.15, 0.2) is 0 Å². The number of carbonyl (C=O) groups excluding carboxylic acids is 1. The smallest absolute Gasteiger partial charge is 0.407 e. The average Bonchev–Trinajstić information content (AvgIpc) is 2.43. The molecule has 0 aromatic rings. The third kappa shape index (κ3) is 5.37. The van der Waals surface area contributed by atoms with Gasteiger partial charge in [0.05, 0.1) is 13.2 Å². The summed E-state index contributed by atoms with van der Waals surface area (Å²) in [6, 6.07) is 0.0734. The van der Waals surface area contributed by atoms with Gasteiger partial charge in [-0.2, -0.15) is 0 Å². The van der Waals surface area contributed by atoms with Gasteiger partial charge in [0.1, 0.15) is 0 Å². The predicted molar refractivity (Wildman–Crippen MR) is 75.1 cm³/mol. The summed E-state index contributed by atoms with van der Waals surface area (Å²) >= 11 is 0. The van der Waals surface area contributed by atoms with Crippen LogP contribution in [0.5, 0.6) is 0 Å². The molecule has 1 amide bonds. The van der Waals surface area contributed by atoms with E-state index in [0.717, 1.165) is 45.3 Å². The molecule has 1 saturated heterocycles. The Bertz CT molecular complexity index is 273. The quantitative estimate of drug-likeness (QED) is 0.771. The number of hydrogen-bond acceptors (Lipinski definition) is 4. The number of amides is 1. The zero-order valence-corrected chi connectivity index (χ0v) is 12.4. The van der Waals surface area contributed by atoms with Crippen molar-refractivity contribution in [2.45, 2.75) is 51.7 Å². The first-order chi connectivity index (χ1) is 9.10. The van der Waals surface area contributed by atoms with Crippen molar-refractivity contribution in [2.75, 3.05) is 26.7 Å². The van der Waals surface area contributed by atoms with Crippen LogP contribution in [0.3, 0.4) is 0 Å². The minimum Gasteiger partial charge on any atom is -0.453 e. The SMILES string of the molecule is CCCCN1CC(NC(=O)OC)CC(C(O)CC)C1. The van der Waals surface area contributed by atoms with Gasteiger partial charge in [-0.3, -0.25) is 0 Å². The van der Waals surface area contributed by atoms with Gasteiger partial charge in [-0.1, -0.05) is 20.3 Å².